The fraction of sp³-hybridized carbons (Fsp3) is 0.429. The number of rotatable bonds is 5. The summed E-state index contributed by atoms with van der Waals surface area (Å²) in [6.07, 6.45) is 4.16. The average Bonchev–Trinajstić information content (AvgIpc) is 3.07. The lowest BCUT2D eigenvalue weighted by Gasteiger charge is -2.36. The predicted molar refractivity (Wildman–Crippen MR) is 110 cm³/mol. The number of aromatic nitrogens is 2. The number of anilines is 1. The Morgan fingerprint density at radius 1 is 1.00 bits per heavy atom. The third kappa shape index (κ3) is 3.74. The minimum Gasteiger partial charge on any atom is -0.354 e. The van der Waals surface area contributed by atoms with E-state index in [9.17, 15) is 0 Å². The molecule has 2 aromatic heterocycles. The van der Waals surface area contributed by atoms with Gasteiger partial charge in [-0.1, -0.05) is 18.2 Å². The molecular formula is C21H26N4S. The van der Waals surface area contributed by atoms with E-state index in [2.05, 4.69) is 52.9 Å². The van der Waals surface area contributed by atoms with Crippen LogP contribution in [0.2, 0.25) is 0 Å². The second kappa shape index (κ2) is 7.72. The van der Waals surface area contributed by atoms with Gasteiger partial charge in [0.1, 0.15) is 5.82 Å². The summed E-state index contributed by atoms with van der Waals surface area (Å²) in [7, 11) is 0. The molecule has 136 valence electrons. The smallest absolute Gasteiger partial charge is 0.131 e. The van der Waals surface area contributed by atoms with Crippen LogP contribution in [0, 0.1) is 13.8 Å². The van der Waals surface area contributed by atoms with Gasteiger partial charge in [-0.3, -0.25) is 4.90 Å². The van der Waals surface area contributed by atoms with Crippen molar-refractivity contribution in [3.8, 4) is 0 Å². The summed E-state index contributed by atoms with van der Waals surface area (Å²) >= 11 is 1.86. The third-order valence-electron chi connectivity index (χ3n) is 5.17. The van der Waals surface area contributed by atoms with E-state index in [0.717, 1.165) is 50.5 Å². The highest BCUT2D eigenvalue weighted by Crippen LogP contribution is 2.26. The Balaban J connectivity index is 1.27. The van der Waals surface area contributed by atoms with Crippen molar-refractivity contribution in [2.75, 3.05) is 37.6 Å². The normalized spacial score (nSPS) is 15.7. The molecule has 3 heterocycles. The Labute approximate surface area is 159 Å². The van der Waals surface area contributed by atoms with E-state index in [4.69, 9.17) is 4.98 Å². The minimum atomic E-state index is 1.07. The van der Waals surface area contributed by atoms with E-state index in [-0.39, 0.29) is 0 Å². The summed E-state index contributed by atoms with van der Waals surface area (Å²) in [6.45, 7) is 9.85. The zero-order chi connectivity index (χ0) is 17.9. The van der Waals surface area contributed by atoms with Crippen molar-refractivity contribution in [3.63, 3.8) is 0 Å². The Bertz CT molecular complexity index is 881. The van der Waals surface area contributed by atoms with Gasteiger partial charge in [-0.2, -0.15) is 0 Å². The van der Waals surface area contributed by atoms with E-state index < -0.39 is 0 Å². The van der Waals surface area contributed by atoms with Gasteiger partial charge in [-0.05, 0) is 50.1 Å². The van der Waals surface area contributed by atoms with Gasteiger partial charge in [-0.15, -0.1) is 11.3 Å². The molecule has 0 unspecified atom stereocenters. The highest BCUT2D eigenvalue weighted by Gasteiger charge is 2.18. The summed E-state index contributed by atoms with van der Waals surface area (Å²) in [5.41, 5.74) is 3.77. The summed E-state index contributed by atoms with van der Waals surface area (Å²) in [6, 6.07) is 10.6. The van der Waals surface area contributed by atoms with Crippen LogP contribution in [0.25, 0.3) is 10.2 Å². The zero-order valence-corrected chi connectivity index (χ0v) is 16.4. The van der Waals surface area contributed by atoms with Crippen molar-refractivity contribution in [2.24, 2.45) is 0 Å². The Morgan fingerprint density at radius 3 is 2.58 bits per heavy atom. The number of aryl methyl sites for hydroxylation is 3. The van der Waals surface area contributed by atoms with Crippen LogP contribution < -0.4 is 4.90 Å². The van der Waals surface area contributed by atoms with Gasteiger partial charge in [0.15, 0.2) is 0 Å². The molecule has 0 aliphatic carbocycles. The maximum atomic E-state index is 4.80. The molecule has 1 saturated heterocycles. The van der Waals surface area contributed by atoms with Crippen molar-refractivity contribution in [1.82, 2.24) is 14.9 Å². The van der Waals surface area contributed by atoms with Gasteiger partial charge in [0.05, 0.1) is 15.2 Å². The topological polar surface area (TPSA) is 32.3 Å². The highest BCUT2D eigenvalue weighted by molar-refractivity contribution is 7.18. The van der Waals surface area contributed by atoms with Crippen molar-refractivity contribution in [1.29, 1.82) is 0 Å². The molecule has 0 spiro atoms. The van der Waals surface area contributed by atoms with Crippen LogP contribution in [0.4, 0.5) is 5.82 Å². The van der Waals surface area contributed by atoms with Gasteiger partial charge < -0.3 is 4.90 Å². The number of hydrogen-bond acceptors (Lipinski definition) is 5. The summed E-state index contributed by atoms with van der Waals surface area (Å²) in [5.74, 6) is 1.15. The van der Waals surface area contributed by atoms with E-state index in [1.54, 1.807) is 0 Å². The van der Waals surface area contributed by atoms with E-state index in [1.165, 1.54) is 27.3 Å². The molecule has 1 aliphatic rings. The van der Waals surface area contributed by atoms with Crippen molar-refractivity contribution in [2.45, 2.75) is 26.7 Å². The molecule has 0 atom stereocenters. The van der Waals surface area contributed by atoms with Gasteiger partial charge in [0, 0.05) is 38.8 Å². The molecule has 0 amide bonds. The molecule has 1 fully saturated rings. The number of fused-ring (bicyclic) bond motifs is 1. The maximum Gasteiger partial charge on any atom is 0.131 e. The predicted octanol–water partition coefficient (Wildman–Crippen LogP) is 4.06. The molecule has 0 N–H and O–H groups in total. The van der Waals surface area contributed by atoms with Crippen LogP contribution in [-0.4, -0.2) is 47.6 Å². The Hall–Kier alpha value is -1.98. The number of thiazole rings is 1. The number of hydrogen-bond donors (Lipinski definition) is 0. The lowest BCUT2D eigenvalue weighted by molar-refractivity contribution is 0.254. The maximum absolute atomic E-state index is 4.80. The number of pyridine rings is 1. The van der Waals surface area contributed by atoms with Crippen LogP contribution >= 0.6 is 11.3 Å². The van der Waals surface area contributed by atoms with Gasteiger partial charge in [-0.25, -0.2) is 9.97 Å². The van der Waals surface area contributed by atoms with E-state index in [1.807, 2.05) is 23.6 Å². The number of nitrogens with zero attached hydrogens (tertiary/aromatic N) is 4. The molecule has 0 radical (unpaired) electrons. The Kier molecular flexibility index (Phi) is 5.18. The molecule has 5 heteroatoms. The van der Waals surface area contributed by atoms with Crippen LogP contribution in [0.15, 0.2) is 36.5 Å². The van der Waals surface area contributed by atoms with Crippen LogP contribution in [-0.2, 0) is 6.42 Å². The average molecular weight is 367 g/mol. The third-order valence-corrected chi connectivity index (χ3v) is 6.44. The number of piperazine rings is 1. The molecule has 1 aromatic carbocycles. The molecule has 4 rings (SSSR count). The fourth-order valence-electron chi connectivity index (χ4n) is 3.69. The van der Waals surface area contributed by atoms with Crippen LogP contribution in [0.5, 0.6) is 0 Å². The molecule has 0 saturated carbocycles. The van der Waals surface area contributed by atoms with Gasteiger partial charge in [0.2, 0.25) is 0 Å². The second-order valence-corrected chi connectivity index (χ2v) is 8.19. The molecule has 0 bridgehead atoms. The van der Waals surface area contributed by atoms with Crippen molar-refractivity contribution in [3.05, 3.63) is 52.7 Å². The van der Waals surface area contributed by atoms with E-state index in [0.29, 0.717) is 0 Å². The summed E-state index contributed by atoms with van der Waals surface area (Å²) in [4.78, 5) is 14.4. The van der Waals surface area contributed by atoms with E-state index >= 15 is 0 Å². The van der Waals surface area contributed by atoms with Gasteiger partial charge >= 0.3 is 0 Å². The lowest BCUT2D eigenvalue weighted by atomic mass is 10.2. The first-order chi connectivity index (χ1) is 12.7. The molecular weight excluding hydrogens is 340 g/mol. The monoisotopic (exact) mass is 366 g/mol. The van der Waals surface area contributed by atoms with Crippen LogP contribution in [0.1, 0.15) is 22.6 Å². The molecule has 26 heavy (non-hydrogen) atoms. The standard InChI is InChI=1S/C21H26N4S/c1-16-6-3-8-18-20(16)26-19(23-18)9-5-11-24-12-14-25(15-13-24)21-17(2)7-4-10-22-21/h3-4,6-8,10H,5,9,11-15H2,1-2H3. The minimum absolute atomic E-state index is 1.07. The first-order valence-corrected chi connectivity index (χ1v) is 10.3. The van der Waals surface area contributed by atoms with Crippen molar-refractivity contribution >= 4 is 27.4 Å². The van der Waals surface area contributed by atoms with Crippen LogP contribution in [0.3, 0.4) is 0 Å². The first kappa shape index (κ1) is 17.4. The lowest BCUT2D eigenvalue weighted by Crippen LogP contribution is -2.47. The SMILES string of the molecule is Cc1cccnc1N1CCN(CCCc2nc3cccc(C)c3s2)CC1. The molecule has 3 aromatic rings. The highest BCUT2D eigenvalue weighted by atomic mass is 32.1. The quantitative estimate of drug-likeness (QED) is 0.681. The molecule has 4 nitrogen and oxygen atoms in total. The number of benzene rings is 1. The summed E-state index contributed by atoms with van der Waals surface area (Å²) in [5, 5.41) is 1.28. The molecule has 1 aliphatic heterocycles. The van der Waals surface area contributed by atoms with Crippen molar-refractivity contribution < 1.29 is 0 Å². The fourth-order valence-corrected chi connectivity index (χ4v) is 4.76. The Morgan fingerprint density at radius 2 is 1.81 bits per heavy atom. The second-order valence-electron chi connectivity index (χ2n) is 7.11. The summed E-state index contributed by atoms with van der Waals surface area (Å²) < 4.78 is 1.35. The first-order valence-electron chi connectivity index (χ1n) is 9.44. The van der Waals surface area contributed by atoms with Gasteiger partial charge in [0.25, 0.3) is 0 Å². The zero-order valence-electron chi connectivity index (χ0n) is 15.6. The largest absolute Gasteiger partial charge is 0.354 e.